The van der Waals surface area contributed by atoms with Crippen molar-refractivity contribution >= 4 is 52.3 Å². The molecule has 3 amide bonds. The second-order valence-electron chi connectivity index (χ2n) is 9.49. The van der Waals surface area contributed by atoms with Crippen LogP contribution in [-0.2, 0) is 23.2 Å². The molecule has 1 aliphatic heterocycles. The van der Waals surface area contributed by atoms with Crippen molar-refractivity contribution < 1.29 is 28.0 Å². The summed E-state index contributed by atoms with van der Waals surface area (Å²) in [6.07, 6.45) is -0.237. The highest BCUT2D eigenvalue weighted by molar-refractivity contribution is 7.80. The van der Waals surface area contributed by atoms with E-state index in [1.54, 1.807) is 54.4 Å². The van der Waals surface area contributed by atoms with E-state index in [0.717, 1.165) is 5.56 Å². The molecule has 12 heteroatoms. The Balaban J connectivity index is 1.43. The van der Waals surface area contributed by atoms with E-state index in [-0.39, 0.29) is 29.9 Å². The van der Waals surface area contributed by atoms with Gasteiger partial charge in [0.15, 0.2) is 12.2 Å². The Labute approximate surface area is 240 Å². The van der Waals surface area contributed by atoms with Gasteiger partial charge in [-0.05, 0) is 72.4 Å². The summed E-state index contributed by atoms with van der Waals surface area (Å²) in [5, 5.41) is 9.54. The van der Waals surface area contributed by atoms with Gasteiger partial charge in [0.1, 0.15) is 18.4 Å². The first kappa shape index (κ1) is 27.6. The minimum Gasteiger partial charge on any atom is -0.326 e. The molecule has 0 radical (unpaired) electrons. The highest BCUT2D eigenvalue weighted by Crippen LogP contribution is 2.30. The van der Waals surface area contributed by atoms with Crippen molar-refractivity contribution in [3.05, 3.63) is 102 Å². The minimum atomic E-state index is -0.975. The van der Waals surface area contributed by atoms with Gasteiger partial charge in [-0.2, -0.15) is 0 Å². The number of amides is 3. The number of aryl methyl sites for hydroxylation is 2. The van der Waals surface area contributed by atoms with Gasteiger partial charge in [-0.1, -0.05) is 35.9 Å². The largest absolute Gasteiger partial charge is 0.326 e. The lowest BCUT2D eigenvalue weighted by Crippen LogP contribution is -2.43. The fourth-order valence-electron chi connectivity index (χ4n) is 4.41. The Bertz CT molecular complexity index is 1610. The summed E-state index contributed by atoms with van der Waals surface area (Å²) in [5.41, 5.74) is 2.81. The molecule has 0 bridgehead atoms. The normalized spacial score (nSPS) is 14.9. The molecule has 3 aromatic carbocycles. The van der Waals surface area contributed by atoms with Crippen LogP contribution in [0.25, 0.3) is 0 Å². The maximum Gasteiger partial charge on any atom is 0.307 e. The monoisotopic (exact) mass is 573 g/mol. The number of halogens is 1. The van der Waals surface area contributed by atoms with Crippen LogP contribution in [0.4, 0.5) is 21.6 Å². The predicted molar refractivity (Wildman–Crippen MR) is 152 cm³/mol. The number of nitrogens with zero attached hydrogens (tertiary/aromatic N) is 4. The quantitative estimate of drug-likeness (QED) is 0.244. The smallest absolute Gasteiger partial charge is 0.307 e. The molecule has 1 aromatic heterocycles. The van der Waals surface area contributed by atoms with Gasteiger partial charge in [0.25, 0.3) is 17.5 Å². The maximum atomic E-state index is 13.8. The molecule has 1 fully saturated rings. The van der Waals surface area contributed by atoms with Gasteiger partial charge >= 0.3 is 5.88 Å². The number of aromatic nitrogens is 2. The summed E-state index contributed by atoms with van der Waals surface area (Å²) in [5.74, 6) is -1.60. The summed E-state index contributed by atoms with van der Waals surface area (Å²) in [4.78, 5) is 42.6. The molecule has 4 aromatic rings. The first-order chi connectivity index (χ1) is 19.7. The number of carbonyl (C=O) groups is 3. The molecule has 1 atom stereocenters. The lowest BCUT2D eigenvalue weighted by Gasteiger charge is -2.22. The van der Waals surface area contributed by atoms with E-state index < -0.39 is 23.7 Å². The molecule has 0 saturated carbocycles. The van der Waals surface area contributed by atoms with Gasteiger partial charge in [0.2, 0.25) is 11.2 Å². The number of hydrogen-bond donors (Lipinski definition) is 2. The van der Waals surface area contributed by atoms with Crippen LogP contribution in [0, 0.1) is 12.7 Å². The number of thiocarbonyl (C=S) groups is 1. The van der Waals surface area contributed by atoms with Crippen molar-refractivity contribution in [2.24, 2.45) is 7.05 Å². The van der Waals surface area contributed by atoms with Gasteiger partial charge in [-0.3, -0.25) is 29.1 Å². The van der Waals surface area contributed by atoms with Crippen LogP contribution >= 0.6 is 12.2 Å². The molecule has 2 N–H and O–H groups in total. The molecule has 10 nitrogen and oxygen atoms in total. The van der Waals surface area contributed by atoms with Gasteiger partial charge in [-0.25, -0.2) is 4.39 Å². The second-order valence-corrected chi connectivity index (χ2v) is 9.85. The summed E-state index contributed by atoms with van der Waals surface area (Å²) in [7, 11) is 1.63. The fraction of sp³-hybridized carbons (Fsp3) is 0.172. The molecule has 1 unspecified atom stereocenters. The third-order valence-electron chi connectivity index (χ3n) is 6.61. The Morgan fingerprint density at radius 1 is 1.02 bits per heavy atom. The number of hydrogen-bond acceptors (Lipinski definition) is 6. The van der Waals surface area contributed by atoms with Crippen LogP contribution in [-0.4, -0.2) is 39.0 Å². The second kappa shape index (κ2) is 11.6. The summed E-state index contributed by atoms with van der Waals surface area (Å²) < 4.78 is 20.1. The molecular formula is C29H26FN6O4S+. The van der Waals surface area contributed by atoms with Crippen LogP contribution in [0.2, 0.25) is 0 Å². The number of nitrogens with one attached hydrogen (secondary N) is 2. The standard InChI is InChI=1S/C29H25FN6O4S/c1-18-8-14-22(15-9-18)36-28(39)23(16-25(37)31-21-12-10-20(30)11-13-21)35(29(36)41)17-24-27(40-33-34(24)2)32-26(38)19-6-4-3-5-7-19/h3-15,23H,16-17H2,1-2H3,(H-,31,32,33,37,38)/p+1. The highest BCUT2D eigenvalue weighted by Gasteiger charge is 2.46. The first-order valence-electron chi connectivity index (χ1n) is 12.7. The molecule has 0 aliphatic carbocycles. The Hall–Kier alpha value is -4.97. The molecule has 2 heterocycles. The molecule has 208 valence electrons. The van der Waals surface area contributed by atoms with E-state index in [2.05, 4.69) is 15.9 Å². The van der Waals surface area contributed by atoms with Crippen molar-refractivity contribution in [3.63, 3.8) is 0 Å². The molecule has 41 heavy (non-hydrogen) atoms. The summed E-state index contributed by atoms with van der Waals surface area (Å²) in [6, 6.07) is 20.2. The Morgan fingerprint density at radius 2 is 1.71 bits per heavy atom. The van der Waals surface area contributed by atoms with Crippen molar-refractivity contribution in [2.75, 3.05) is 15.5 Å². The lowest BCUT2D eigenvalue weighted by atomic mass is 10.1. The van der Waals surface area contributed by atoms with Crippen LogP contribution in [0.5, 0.6) is 0 Å². The number of rotatable bonds is 8. The van der Waals surface area contributed by atoms with Crippen molar-refractivity contribution in [1.29, 1.82) is 0 Å². The zero-order valence-corrected chi connectivity index (χ0v) is 23.0. The van der Waals surface area contributed by atoms with E-state index in [4.69, 9.17) is 16.7 Å². The fourth-order valence-corrected chi connectivity index (χ4v) is 4.80. The van der Waals surface area contributed by atoms with Crippen molar-refractivity contribution in [2.45, 2.75) is 25.9 Å². The van der Waals surface area contributed by atoms with Gasteiger partial charge in [0, 0.05) is 11.3 Å². The van der Waals surface area contributed by atoms with Gasteiger partial charge < -0.3 is 10.2 Å². The zero-order chi connectivity index (χ0) is 29.1. The number of benzene rings is 3. The van der Waals surface area contributed by atoms with Crippen LogP contribution < -0.4 is 20.2 Å². The van der Waals surface area contributed by atoms with E-state index in [1.165, 1.54) is 33.8 Å². The topological polar surface area (TPSA) is 112 Å². The van der Waals surface area contributed by atoms with E-state index >= 15 is 0 Å². The van der Waals surface area contributed by atoms with Crippen LogP contribution in [0.1, 0.15) is 28.0 Å². The average Bonchev–Trinajstić information content (AvgIpc) is 3.42. The SMILES string of the molecule is Cc1ccc(N2C(=O)C(CC(=O)Nc3ccc(F)cc3)N(Cc3c(NC(=O)c4ccccc4)on[n+]3C)C2=S)cc1. The lowest BCUT2D eigenvalue weighted by molar-refractivity contribution is -0.746. The Kier molecular flexibility index (Phi) is 7.83. The summed E-state index contributed by atoms with van der Waals surface area (Å²) in [6.45, 7) is 1.94. The predicted octanol–water partition coefficient (Wildman–Crippen LogP) is 3.73. The average molecular weight is 574 g/mol. The summed E-state index contributed by atoms with van der Waals surface area (Å²) >= 11 is 5.76. The highest BCUT2D eigenvalue weighted by atomic mass is 32.1. The van der Waals surface area contributed by atoms with E-state index in [1.807, 2.05) is 19.1 Å². The maximum absolute atomic E-state index is 13.8. The third-order valence-corrected chi connectivity index (χ3v) is 7.03. The molecule has 0 spiro atoms. The number of anilines is 3. The first-order valence-corrected chi connectivity index (χ1v) is 13.1. The zero-order valence-electron chi connectivity index (χ0n) is 22.2. The van der Waals surface area contributed by atoms with Crippen molar-refractivity contribution in [3.8, 4) is 0 Å². The van der Waals surface area contributed by atoms with Crippen molar-refractivity contribution in [1.82, 2.24) is 10.2 Å². The van der Waals surface area contributed by atoms with Crippen LogP contribution in [0.15, 0.2) is 83.4 Å². The Morgan fingerprint density at radius 3 is 2.39 bits per heavy atom. The molecule has 5 rings (SSSR count). The van der Waals surface area contributed by atoms with E-state index in [9.17, 15) is 18.8 Å². The number of carbonyl (C=O) groups excluding carboxylic acids is 3. The molecular weight excluding hydrogens is 547 g/mol. The van der Waals surface area contributed by atoms with Gasteiger partial charge in [-0.15, -0.1) is 0 Å². The third kappa shape index (κ3) is 5.97. The molecule has 1 saturated heterocycles. The van der Waals surface area contributed by atoms with Gasteiger partial charge in [0.05, 0.1) is 12.1 Å². The minimum absolute atomic E-state index is 0.00579. The molecule has 1 aliphatic rings. The van der Waals surface area contributed by atoms with E-state index in [0.29, 0.717) is 22.6 Å². The van der Waals surface area contributed by atoms with Crippen LogP contribution in [0.3, 0.4) is 0 Å².